The molecule has 0 radical (unpaired) electrons. The lowest BCUT2D eigenvalue weighted by Crippen LogP contribution is -2.29. The van der Waals surface area contributed by atoms with Crippen LogP contribution < -0.4 is 0 Å². The highest BCUT2D eigenvalue weighted by Crippen LogP contribution is 2.51. The summed E-state index contributed by atoms with van der Waals surface area (Å²) in [6.45, 7) is 0. The van der Waals surface area contributed by atoms with Crippen LogP contribution in [-0.4, -0.2) is 5.11 Å². The summed E-state index contributed by atoms with van der Waals surface area (Å²) in [7, 11) is 0. The molecule has 2 aromatic carbocycles. The summed E-state index contributed by atoms with van der Waals surface area (Å²) < 4.78 is 0. The number of rotatable bonds is 1. The third-order valence-electron chi connectivity index (χ3n) is 4.97. The molecule has 0 aromatic heterocycles. The second-order valence-corrected chi connectivity index (χ2v) is 5.87. The number of aryl methyl sites for hydroxylation is 2. The SMILES string of the molecule is OC1(C2CCc3ccccc32)CCc2ccccc21. The Morgan fingerprint density at radius 1 is 0.895 bits per heavy atom. The van der Waals surface area contributed by atoms with Gasteiger partial charge in [0.05, 0.1) is 5.60 Å². The highest BCUT2D eigenvalue weighted by Gasteiger charge is 2.45. The van der Waals surface area contributed by atoms with Crippen LogP contribution in [0.15, 0.2) is 48.5 Å². The normalized spacial score (nSPS) is 28.2. The molecule has 0 bridgehead atoms. The van der Waals surface area contributed by atoms with Gasteiger partial charge in [0.2, 0.25) is 0 Å². The van der Waals surface area contributed by atoms with Crippen LogP contribution in [-0.2, 0) is 18.4 Å². The highest BCUT2D eigenvalue weighted by atomic mass is 16.3. The van der Waals surface area contributed by atoms with E-state index in [1.54, 1.807) is 0 Å². The summed E-state index contributed by atoms with van der Waals surface area (Å²) >= 11 is 0. The minimum atomic E-state index is -0.650. The van der Waals surface area contributed by atoms with Crippen LogP contribution in [0.2, 0.25) is 0 Å². The van der Waals surface area contributed by atoms with Gasteiger partial charge in [0, 0.05) is 5.92 Å². The largest absolute Gasteiger partial charge is 0.385 e. The van der Waals surface area contributed by atoms with Gasteiger partial charge in [-0.1, -0.05) is 48.5 Å². The molecule has 1 nitrogen and oxygen atoms in total. The Morgan fingerprint density at radius 3 is 2.53 bits per heavy atom. The summed E-state index contributed by atoms with van der Waals surface area (Å²) in [6.07, 6.45) is 4.05. The van der Waals surface area contributed by atoms with Gasteiger partial charge in [0.15, 0.2) is 0 Å². The predicted octanol–water partition coefficient (Wildman–Crippen LogP) is 3.55. The van der Waals surface area contributed by atoms with E-state index >= 15 is 0 Å². The van der Waals surface area contributed by atoms with Crippen molar-refractivity contribution < 1.29 is 5.11 Å². The topological polar surface area (TPSA) is 20.2 Å². The van der Waals surface area contributed by atoms with Crippen LogP contribution in [0.4, 0.5) is 0 Å². The second kappa shape index (κ2) is 3.94. The van der Waals surface area contributed by atoms with Crippen LogP contribution in [0, 0.1) is 0 Å². The maximum atomic E-state index is 11.3. The molecule has 2 aromatic rings. The molecule has 0 fully saturated rings. The van der Waals surface area contributed by atoms with Gasteiger partial charge in [-0.3, -0.25) is 0 Å². The Bertz CT molecular complexity index is 631. The number of aliphatic hydroxyl groups is 1. The Kier molecular flexibility index (Phi) is 2.33. The summed E-state index contributed by atoms with van der Waals surface area (Å²) in [5.41, 5.74) is 4.63. The average molecular weight is 250 g/mol. The van der Waals surface area contributed by atoms with Crippen molar-refractivity contribution in [1.29, 1.82) is 0 Å². The van der Waals surface area contributed by atoms with E-state index < -0.39 is 5.60 Å². The van der Waals surface area contributed by atoms with E-state index in [9.17, 15) is 5.11 Å². The maximum Gasteiger partial charge on any atom is 0.0970 e. The molecule has 0 spiro atoms. The first-order valence-corrected chi connectivity index (χ1v) is 7.17. The molecule has 0 saturated heterocycles. The van der Waals surface area contributed by atoms with Gasteiger partial charge in [-0.2, -0.15) is 0 Å². The molecule has 19 heavy (non-hydrogen) atoms. The molecule has 0 saturated carbocycles. The molecule has 2 unspecified atom stereocenters. The van der Waals surface area contributed by atoms with E-state index in [1.165, 1.54) is 16.7 Å². The molecule has 0 aliphatic heterocycles. The fraction of sp³-hybridized carbons (Fsp3) is 0.333. The van der Waals surface area contributed by atoms with Gasteiger partial charge in [-0.25, -0.2) is 0 Å². The molecular weight excluding hydrogens is 232 g/mol. The molecule has 0 amide bonds. The van der Waals surface area contributed by atoms with E-state index in [-0.39, 0.29) is 5.92 Å². The number of hydrogen-bond acceptors (Lipinski definition) is 1. The zero-order valence-electron chi connectivity index (χ0n) is 11.0. The summed E-state index contributed by atoms with van der Waals surface area (Å²) in [6, 6.07) is 17.0. The summed E-state index contributed by atoms with van der Waals surface area (Å²) in [4.78, 5) is 0. The fourth-order valence-corrected chi connectivity index (χ4v) is 4.04. The molecule has 96 valence electrons. The van der Waals surface area contributed by atoms with Crippen LogP contribution in [0.3, 0.4) is 0 Å². The number of benzene rings is 2. The first kappa shape index (κ1) is 11.2. The van der Waals surface area contributed by atoms with Crippen molar-refractivity contribution in [2.24, 2.45) is 0 Å². The van der Waals surface area contributed by atoms with Crippen molar-refractivity contribution in [2.75, 3.05) is 0 Å². The minimum Gasteiger partial charge on any atom is -0.385 e. The lowest BCUT2D eigenvalue weighted by atomic mass is 9.79. The Labute approximate surface area is 113 Å². The van der Waals surface area contributed by atoms with E-state index in [2.05, 4.69) is 48.5 Å². The quantitative estimate of drug-likeness (QED) is 0.820. The van der Waals surface area contributed by atoms with Crippen molar-refractivity contribution in [3.05, 3.63) is 70.8 Å². The average Bonchev–Trinajstić information content (AvgIpc) is 3.02. The van der Waals surface area contributed by atoms with Gasteiger partial charge in [-0.15, -0.1) is 0 Å². The molecule has 4 rings (SSSR count). The van der Waals surface area contributed by atoms with E-state index in [0.717, 1.165) is 31.2 Å². The molecule has 2 aliphatic rings. The Hall–Kier alpha value is -1.60. The Balaban J connectivity index is 1.83. The standard InChI is InChI=1S/C18H18O/c19-18(12-11-14-6-2-4-8-16(14)18)17-10-9-13-5-1-3-7-15(13)17/h1-8,17,19H,9-12H2. The molecule has 2 atom stereocenters. The third-order valence-corrected chi connectivity index (χ3v) is 4.97. The van der Waals surface area contributed by atoms with Gasteiger partial charge in [0.25, 0.3) is 0 Å². The fourth-order valence-electron chi connectivity index (χ4n) is 4.04. The van der Waals surface area contributed by atoms with Crippen molar-refractivity contribution in [1.82, 2.24) is 0 Å². The summed E-state index contributed by atoms with van der Waals surface area (Å²) in [5, 5.41) is 11.3. The van der Waals surface area contributed by atoms with Gasteiger partial charge >= 0.3 is 0 Å². The number of fused-ring (bicyclic) bond motifs is 2. The monoisotopic (exact) mass is 250 g/mol. The van der Waals surface area contributed by atoms with Crippen LogP contribution >= 0.6 is 0 Å². The van der Waals surface area contributed by atoms with Crippen LogP contribution in [0.25, 0.3) is 0 Å². The molecule has 1 N–H and O–H groups in total. The maximum absolute atomic E-state index is 11.3. The van der Waals surface area contributed by atoms with Crippen molar-refractivity contribution in [3.63, 3.8) is 0 Å². The lowest BCUT2D eigenvalue weighted by Gasteiger charge is -2.31. The van der Waals surface area contributed by atoms with Crippen LogP contribution in [0.1, 0.15) is 41.0 Å². The summed E-state index contributed by atoms with van der Waals surface area (Å²) in [5.74, 6) is 0.271. The molecule has 1 heteroatoms. The van der Waals surface area contributed by atoms with Crippen molar-refractivity contribution in [2.45, 2.75) is 37.2 Å². The minimum absolute atomic E-state index is 0.271. The first-order chi connectivity index (χ1) is 9.29. The Morgan fingerprint density at radius 2 is 1.63 bits per heavy atom. The van der Waals surface area contributed by atoms with Crippen molar-refractivity contribution in [3.8, 4) is 0 Å². The van der Waals surface area contributed by atoms with Crippen molar-refractivity contribution >= 4 is 0 Å². The molecule has 0 heterocycles. The first-order valence-electron chi connectivity index (χ1n) is 7.17. The smallest absolute Gasteiger partial charge is 0.0970 e. The zero-order valence-corrected chi connectivity index (χ0v) is 11.0. The van der Waals surface area contributed by atoms with E-state index in [0.29, 0.717) is 0 Å². The van der Waals surface area contributed by atoms with Gasteiger partial charge in [-0.05, 0) is 47.9 Å². The molecular formula is C18H18O. The van der Waals surface area contributed by atoms with E-state index in [4.69, 9.17) is 0 Å². The second-order valence-electron chi connectivity index (χ2n) is 5.87. The van der Waals surface area contributed by atoms with Gasteiger partial charge < -0.3 is 5.11 Å². The third kappa shape index (κ3) is 1.51. The lowest BCUT2D eigenvalue weighted by molar-refractivity contribution is 0.00920. The number of hydrogen-bond donors (Lipinski definition) is 1. The van der Waals surface area contributed by atoms with Gasteiger partial charge in [0.1, 0.15) is 0 Å². The highest BCUT2D eigenvalue weighted by molar-refractivity contribution is 5.45. The van der Waals surface area contributed by atoms with E-state index in [1.807, 2.05) is 0 Å². The molecule has 2 aliphatic carbocycles. The predicted molar refractivity (Wildman–Crippen MR) is 76.2 cm³/mol. The zero-order chi connectivity index (χ0) is 12.9. The van der Waals surface area contributed by atoms with Crippen LogP contribution in [0.5, 0.6) is 0 Å².